The number of hydrogen-bond donors (Lipinski definition) is 2. The Bertz CT molecular complexity index is 1050. The minimum atomic E-state index is -1.78. The number of esters is 2. The second-order valence-electron chi connectivity index (χ2n) is 5.72. The van der Waals surface area contributed by atoms with Gasteiger partial charge in [0.15, 0.2) is 0 Å². The van der Waals surface area contributed by atoms with Crippen molar-refractivity contribution in [2.75, 3.05) is 13.2 Å². The highest BCUT2D eigenvalue weighted by atomic mass is 35.5. The number of carboxylic acid groups (broad SMARTS) is 2. The van der Waals surface area contributed by atoms with E-state index in [0.717, 1.165) is 0 Å². The van der Waals surface area contributed by atoms with Crippen LogP contribution in [-0.4, -0.2) is 47.3 Å². The van der Waals surface area contributed by atoms with Gasteiger partial charge in [-0.2, -0.15) is 0 Å². The topological polar surface area (TPSA) is 127 Å². The molecule has 2 N–H and O–H groups in total. The largest absolute Gasteiger partial charge is 0.478 e. The van der Waals surface area contributed by atoms with Gasteiger partial charge in [0.05, 0.1) is 40.5 Å². The third-order valence-electron chi connectivity index (χ3n) is 3.97. The Morgan fingerprint density at radius 2 is 1.30 bits per heavy atom. The lowest BCUT2D eigenvalue weighted by Crippen LogP contribution is -2.23. The van der Waals surface area contributed by atoms with Crippen molar-refractivity contribution in [2.24, 2.45) is 0 Å². The average Bonchev–Trinajstić information content (AvgIpc) is 2.67. The molecule has 158 valence electrons. The van der Waals surface area contributed by atoms with Crippen molar-refractivity contribution < 1.29 is 38.9 Å². The minimum Gasteiger partial charge on any atom is -0.478 e. The second kappa shape index (κ2) is 9.60. The lowest BCUT2D eigenvalue weighted by Gasteiger charge is -2.20. The van der Waals surface area contributed by atoms with Gasteiger partial charge in [0.25, 0.3) is 0 Å². The molecule has 0 bridgehead atoms. The van der Waals surface area contributed by atoms with Crippen LogP contribution in [0.25, 0.3) is 11.1 Å². The summed E-state index contributed by atoms with van der Waals surface area (Å²) in [6.45, 7) is 2.70. The van der Waals surface area contributed by atoms with Crippen molar-refractivity contribution in [3.8, 4) is 11.1 Å². The molecule has 0 aliphatic carbocycles. The van der Waals surface area contributed by atoms with Crippen molar-refractivity contribution in [1.29, 1.82) is 0 Å². The molecule has 0 unspecified atom stereocenters. The lowest BCUT2D eigenvalue weighted by atomic mass is 9.87. The molecule has 0 heterocycles. The highest BCUT2D eigenvalue weighted by Crippen LogP contribution is 2.42. The third-order valence-corrected chi connectivity index (χ3v) is 4.68. The molecule has 0 spiro atoms. The molecule has 2 aromatic carbocycles. The second-order valence-corrected chi connectivity index (χ2v) is 6.51. The van der Waals surface area contributed by atoms with E-state index in [9.17, 15) is 29.4 Å². The summed E-state index contributed by atoms with van der Waals surface area (Å²) in [7, 11) is 0. The number of halogens is 2. The number of ether oxygens (including phenoxy) is 2. The smallest absolute Gasteiger partial charge is 0.339 e. The molecule has 0 aromatic heterocycles. The predicted molar refractivity (Wildman–Crippen MR) is 108 cm³/mol. The van der Waals surface area contributed by atoms with E-state index in [1.54, 1.807) is 12.1 Å². The maximum atomic E-state index is 12.8. The van der Waals surface area contributed by atoms with Crippen LogP contribution in [0.3, 0.4) is 0 Å². The van der Waals surface area contributed by atoms with Crippen molar-refractivity contribution in [2.45, 2.75) is 13.8 Å². The maximum absolute atomic E-state index is 12.8. The van der Waals surface area contributed by atoms with E-state index >= 15 is 0 Å². The Balaban J connectivity index is 3.20. The molecular formula is C20H16Cl2O8. The summed E-state index contributed by atoms with van der Waals surface area (Å²) >= 11 is 12.5. The zero-order chi connectivity index (χ0) is 22.6. The fourth-order valence-corrected chi connectivity index (χ4v) is 3.47. The summed E-state index contributed by atoms with van der Waals surface area (Å²) in [4.78, 5) is 49.4. The first kappa shape index (κ1) is 23.2. The Labute approximate surface area is 180 Å². The summed E-state index contributed by atoms with van der Waals surface area (Å²) in [5.41, 5.74) is -3.32. The normalized spacial score (nSPS) is 10.4. The van der Waals surface area contributed by atoms with Crippen molar-refractivity contribution >= 4 is 47.1 Å². The van der Waals surface area contributed by atoms with Crippen LogP contribution in [0, 0.1) is 0 Å². The van der Waals surface area contributed by atoms with Gasteiger partial charge in [-0.25, -0.2) is 19.2 Å². The molecular weight excluding hydrogens is 439 g/mol. The summed E-state index contributed by atoms with van der Waals surface area (Å²) < 4.78 is 9.90. The van der Waals surface area contributed by atoms with Gasteiger partial charge in [0.2, 0.25) is 0 Å². The first-order chi connectivity index (χ1) is 14.2. The maximum Gasteiger partial charge on any atom is 0.339 e. The molecule has 2 rings (SSSR count). The van der Waals surface area contributed by atoms with Crippen LogP contribution in [0.5, 0.6) is 0 Å². The highest BCUT2D eigenvalue weighted by Gasteiger charge is 2.37. The molecule has 30 heavy (non-hydrogen) atoms. The van der Waals surface area contributed by atoms with Gasteiger partial charge in [-0.3, -0.25) is 0 Å². The van der Waals surface area contributed by atoms with Gasteiger partial charge in [-0.05, 0) is 19.9 Å². The monoisotopic (exact) mass is 454 g/mol. The molecule has 0 fully saturated rings. The molecule has 0 saturated carbocycles. The summed E-state index contributed by atoms with van der Waals surface area (Å²) in [5.74, 6) is -5.80. The highest BCUT2D eigenvalue weighted by molar-refractivity contribution is 6.40. The third kappa shape index (κ3) is 4.24. The number of carboxylic acids is 2. The molecule has 0 aliphatic heterocycles. The number of carbonyl (C=O) groups is 4. The fraction of sp³-hybridized carbons (Fsp3) is 0.200. The number of rotatable bonds is 7. The molecule has 0 amide bonds. The first-order valence-electron chi connectivity index (χ1n) is 8.62. The number of hydrogen-bond acceptors (Lipinski definition) is 6. The Morgan fingerprint density at radius 1 is 0.800 bits per heavy atom. The standard InChI is InChI=1S/C20H16Cl2O8/c1-3-29-19(27)13-11(9-7-5-6-8-10(9)21)16(22)15(18(25)26)12(17(23)24)14(13)20(28)30-4-2/h5-8H,3-4H2,1-2H3,(H,23,24)(H,25,26). The van der Waals surface area contributed by atoms with Crippen LogP contribution in [-0.2, 0) is 9.47 Å². The van der Waals surface area contributed by atoms with Gasteiger partial charge >= 0.3 is 23.9 Å². The first-order valence-corrected chi connectivity index (χ1v) is 9.37. The molecule has 8 nitrogen and oxygen atoms in total. The number of aromatic carboxylic acids is 2. The number of carbonyl (C=O) groups excluding carboxylic acids is 2. The quantitative estimate of drug-likeness (QED) is 0.588. The van der Waals surface area contributed by atoms with Crippen molar-refractivity contribution in [3.05, 3.63) is 56.6 Å². The summed E-state index contributed by atoms with van der Waals surface area (Å²) in [6, 6.07) is 6.02. The van der Waals surface area contributed by atoms with Crippen LogP contribution in [0.2, 0.25) is 10.0 Å². The van der Waals surface area contributed by atoms with Crippen LogP contribution in [0.4, 0.5) is 0 Å². The molecule has 2 aromatic rings. The van der Waals surface area contributed by atoms with Crippen LogP contribution in [0.1, 0.15) is 55.3 Å². The SMILES string of the molecule is CCOC(=O)c1c(C(=O)O)c(C(=O)O)c(Cl)c(-c2ccccc2Cl)c1C(=O)OCC. The van der Waals surface area contributed by atoms with Gasteiger partial charge in [-0.15, -0.1) is 0 Å². The lowest BCUT2D eigenvalue weighted by molar-refractivity contribution is 0.0473. The van der Waals surface area contributed by atoms with E-state index in [2.05, 4.69) is 0 Å². The van der Waals surface area contributed by atoms with E-state index < -0.39 is 51.2 Å². The minimum absolute atomic E-state index is 0.0826. The Morgan fingerprint density at radius 3 is 1.77 bits per heavy atom. The predicted octanol–water partition coefficient (Wildman–Crippen LogP) is 4.41. The summed E-state index contributed by atoms with van der Waals surface area (Å²) in [5, 5.41) is 18.8. The molecule has 0 aliphatic rings. The Kier molecular flexibility index (Phi) is 7.42. The van der Waals surface area contributed by atoms with E-state index in [0.29, 0.717) is 0 Å². The Hall–Kier alpha value is -3.10. The van der Waals surface area contributed by atoms with Crippen LogP contribution < -0.4 is 0 Å². The molecule has 0 atom stereocenters. The van der Waals surface area contributed by atoms with Crippen molar-refractivity contribution in [3.63, 3.8) is 0 Å². The van der Waals surface area contributed by atoms with Gasteiger partial charge in [0.1, 0.15) is 0 Å². The molecule has 0 saturated heterocycles. The van der Waals surface area contributed by atoms with E-state index in [-0.39, 0.29) is 29.4 Å². The van der Waals surface area contributed by atoms with Crippen LogP contribution in [0.15, 0.2) is 24.3 Å². The number of benzene rings is 2. The van der Waals surface area contributed by atoms with E-state index in [1.807, 2.05) is 0 Å². The molecule has 0 radical (unpaired) electrons. The van der Waals surface area contributed by atoms with Crippen molar-refractivity contribution in [1.82, 2.24) is 0 Å². The fourth-order valence-electron chi connectivity index (χ4n) is 2.87. The zero-order valence-electron chi connectivity index (χ0n) is 15.8. The van der Waals surface area contributed by atoms with Crippen LogP contribution >= 0.6 is 23.2 Å². The van der Waals surface area contributed by atoms with E-state index in [1.165, 1.54) is 26.0 Å². The van der Waals surface area contributed by atoms with Gasteiger partial charge in [-0.1, -0.05) is 41.4 Å². The van der Waals surface area contributed by atoms with Gasteiger partial charge < -0.3 is 19.7 Å². The van der Waals surface area contributed by atoms with E-state index in [4.69, 9.17) is 32.7 Å². The van der Waals surface area contributed by atoms with Gasteiger partial charge in [0, 0.05) is 16.1 Å². The molecule has 10 heteroatoms. The summed E-state index contributed by atoms with van der Waals surface area (Å²) in [6.07, 6.45) is 0. The average molecular weight is 455 g/mol. The zero-order valence-corrected chi connectivity index (χ0v) is 17.3.